The molecule has 3 rings (SSSR count). The van der Waals surface area contributed by atoms with E-state index >= 15 is 0 Å². The lowest BCUT2D eigenvalue weighted by Crippen LogP contribution is -2.24. The van der Waals surface area contributed by atoms with E-state index in [0.29, 0.717) is 11.8 Å². The molecule has 1 aliphatic rings. The summed E-state index contributed by atoms with van der Waals surface area (Å²) in [6.45, 7) is 0. The first kappa shape index (κ1) is 18.9. The Morgan fingerprint density at radius 1 is 0.692 bits per heavy atom. The maximum Gasteiger partial charge on any atom is 0.123 e. The van der Waals surface area contributed by atoms with Crippen LogP contribution in [0.3, 0.4) is 0 Å². The first-order valence-corrected chi connectivity index (χ1v) is 10.4. The molecule has 1 nitrogen and oxygen atoms in total. The Morgan fingerprint density at radius 3 is 1.81 bits per heavy atom. The van der Waals surface area contributed by atoms with Gasteiger partial charge in [0, 0.05) is 5.92 Å². The third-order valence-corrected chi connectivity index (χ3v) is 6.05. The van der Waals surface area contributed by atoms with Gasteiger partial charge in [-0.25, -0.2) is 0 Å². The van der Waals surface area contributed by atoms with E-state index in [0.717, 1.165) is 25.7 Å². The van der Waals surface area contributed by atoms with E-state index in [4.69, 9.17) is 0 Å². The minimum Gasteiger partial charge on any atom is -0.303 e. The molecule has 0 radical (unpaired) electrons. The topological polar surface area (TPSA) is 17.1 Å². The molecule has 2 aromatic carbocycles. The molecule has 1 aliphatic carbocycles. The lowest BCUT2D eigenvalue weighted by Gasteiger charge is -2.31. The van der Waals surface area contributed by atoms with Crippen LogP contribution >= 0.6 is 0 Å². The van der Waals surface area contributed by atoms with Gasteiger partial charge in [0.15, 0.2) is 0 Å². The Balaban J connectivity index is 1.81. The number of hydrogen-bond donors (Lipinski definition) is 0. The highest BCUT2D eigenvalue weighted by molar-refractivity contribution is 5.53. The molecule has 0 aromatic heterocycles. The van der Waals surface area contributed by atoms with Crippen LogP contribution in [0.25, 0.3) is 0 Å². The van der Waals surface area contributed by atoms with Crippen molar-refractivity contribution in [2.75, 3.05) is 0 Å². The second-order valence-corrected chi connectivity index (χ2v) is 8.02. The number of benzene rings is 2. The summed E-state index contributed by atoms with van der Waals surface area (Å²) in [6.07, 6.45) is 12.0. The summed E-state index contributed by atoms with van der Waals surface area (Å²) in [5.41, 5.74) is 2.85. The maximum atomic E-state index is 11.7. The Morgan fingerprint density at radius 2 is 1.23 bits per heavy atom. The van der Waals surface area contributed by atoms with Gasteiger partial charge in [-0.05, 0) is 55.1 Å². The highest BCUT2D eigenvalue weighted by atomic mass is 16.1. The zero-order valence-corrected chi connectivity index (χ0v) is 15.9. The van der Waals surface area contributed by atoms with Gasteiger partial charge in [0.05, 0.1) is 0 Å². The average molecular weight is 349 g/mol. The van der Waals surface area contributed by atoms with Crippen LogP contribution in [0.15, 0.2) is 60.7 Å². The molecule has 0 heterocycles. The van der Waals surface area contributed by atoms with Crippen LogP contribution in [0.2, 0.25) is 0 Å². The molecular formula is C25H32O. The number of aldehydes is 1. The van der Waals surface area contributed by atoms with Crippen molar-refractivity contribution < 1.29 is 4.79 Å². The molecule has 0 aliphatic heterocycles. The number of hydrogen-bond acceptors (Lipinski definition) is 1. The van der Waals surface area contributed by atoms with Crippen molar-refractivity contribution >= 4 is 6.29 Å². The van der Waals surface area contributed by atoms with Crippen LogP contribution in [0.1, 0.15) is 56.1 Å². The Kier molecular flexibility index (Phi) is 7.49. The van der Waals surface area contributed by atoms with Crippen molar-refractivity contribution in [1.29, 1.82) is 0 Å². The summed E-state index contributed by atoms with van der Waals surface area (Å²) in [6, 6.07) is 21.8. The summed E-state index contributed by atoms with van der Waals surface area (Å²) in [4.78, 5) is 11.7. The molecule has 0 saturated heterocycles. The fraction of sp³-hybridized carbons (Fsp3) is 0.480. The van der Waals surface area contributed by atoms with Gasteiger partial charge in [-0.3, -0.25) is 0 Å². The highest BCUT2D eigenvalue weighted by Gasteiger charge is 2.26. The molecular weight excluding hydrogens is 316 g/mol. The Labute approximate surface area is 158 Å². The van der Waals surface area contributed by atoms with Crippen LogP contribution in [0.5, 0.6) is 0 Å². The quantitative estimate of drug-likeness (QED) is 0.582. The maximum absolute atomic E-state index is 11.7. The first-order valence-electron chi connectivity index (χ1n) is 10.4. The normalized spacial score (nSPS) is 24.7. The average Bonchev–Trinajstić information content (AvgIpc) is 2.69. The van der Waals surface area contributed by atoms with Gasteiger partial charge >= 0.3 is 0 Å². The molecule has 3 atom stereocenters. The van der Waals surface area contributed by atoms with Gasteiger partial charge in [-0.15, -0.1) is 0 Å². The molecule has 0 spiro atoms. The summed E-state index contributed by atoms with van der Waals surface area (Å²) in [5.74, 6) is 1.49. The predicted octanol–water partition coefficient (Wildman–Crippen LogP) is 6.26. The van der Waals surface area contributed by atoms with Crippen LogP contribution in [0, 0.1) is 17.8 Å². The van der Waals surface area contributed by atoms with Crippen molar-refractivity contribution in [1.82, 2.24) is 0 Å². The van der Waals surface area contributed by atoms with Crippen molar-refractivity contribution in [3.05, 3.63) is 71.8 Å². The number of rotatable bonds is 5. The van der Waals surface area contributed by atoms with Crippen molar-refractivity contribution in [3.8, 4) is 0 Å². The second-order valence-electron chi connectivity index (χ2n) is 8.02. The van der Waals surface area contributed by atoms with E-state index < -0.39 is 0 Å². The minimum atomic E-state index is 0.236. The van der Waals surface area contributed by atoms with Crippen LogP contribution in [-0.4, -0.2) is 6.29 Å². The molecule has 138 valence electrons. The lowest BCUT2D eigenvalue weighted by molar-refractivity contribution is -0.112. The summed E-state index contributed by atoms with van der Waals surface area (Å²) >= 11 is 0. The smallest absolute Gasteiger partial charge is 0.123 e. The van der Waals surface area contributed by atoms with Gasteiger partial charge in [-0.2, -0.15) is 0 Å². The van der Waals surface area contributed by atoms with Crippen LogP contribution in [-0.2, 0) is 17.6 Å². The molecule has 26 heavy (non-hydrogen) atoms. The SMILES string of the molecule is O=CC1CCCCCCC(Cc2ccccc2)C(Cc2ccccc2)C1. The molecule has 1 saturated carbocycles. The van der Waals surface area contributed by atoms with Crippen molar-refractivity contribution in [2.45, 2.75) is 57.8 Å². The van der Waals surface area contributed by atoms with E-state index in [-0.39, 0.29) is 5.92 Å². The van der Waals surface area contributed by atoms with E-state index in [2.05, 4.69) is 60.7 Å². The van der Waals surface area contributed by atoms with Gasteiger partial charge in [0.25, 0.3) is 0 Å². The molecule has 0 bridgehead atoms. The molecule has 1 heteroatoms. The van der Waals surface area contributed by atoms with Crippen LogP contribution in [0.4, 0.5) is 0 Å². The Hall–Kier alpha value is -1.89. The van der Waals surface area contributed by atoms with Gasteiger partial charge in [0.2, 0.25) is 0 Å². The zero-order valence-electron chi connectivity index (χ0n) is 15.9. The fourth-order valence-corrected chi connectivity index (χ4v) is 4.58. The summed E-state index contributed by atoms with van der Waals surface area (Å²) in [7, 11) is 0. The van der Waals surface area contributed by atoms with E-state index in [1.807, 2.05) is 0 Å². The van der Waals surface area contributed by atoms with Gasteiger partial charge < -0.3 is 4.79 Å². The van der Waals surface area contributed by atoms with Crippen molar-refractivity contribution in [2.24, 2.45) is 17.8 Å². The number of carbonyl (C=O) groups is 1. The monoisotopic (exact) mass is 348 g/mol. The fourth-order valence-electron chi connectivity index (χ4n) is 4.58. The molecule has 3 unspecified atom stereocenters. The standard InChI is InChI=1S/C25H32O/c26-20-23-15-5-1-2-10-16-24(17-21-11-6-3-7-12-21)25(19-23)18-22-13-8-4-9-14-22/h3-4,6-9,11-14,20,23-25H,1-2,5,10,15-19H2. The summed E-state index contributed by atoms with van der Waals surface area (Å²) < 4.78 is 0. The zero-order chi connectivity index (χ0) is 18.0. The molecule has 2 aromatic rings. The second kappa shape index (κ2) is 10.3. The number of carbonyl (C=O) groups excluding carboxylic acids is 1. The predicted molar refractivity (Wildman–Crippen MR) is 109 cm³/mol. The Bertz CT molecular complexity index is 634. The third-order valence-electron chi connectivity index (χ3n) is 6.05. The molecule has 0 N–H and O–H groups in total. The lowest BCUT2D eigenvalue weighted by atomic mass is 9.74. The van der Waals surface area contributed by atoms with E-state index in [1.54, 1.807) is 0 Å². The van der Waals surface area contributed by atoms with E-state index in [9.17, 15) is 4.79 Å². The molecule has 1 fully saturated rings. The summed E-state index contributed by atoms with van der Waals surface area (Å²) in [5, 5.41) is 0. The molecule has 0 amide bonds. The highest BCUT2D eigenvalue weighted by Crippen LogP contribution is 2.34. The van der Waals surface area contributed by atoms with E-state index in [1.165, 1.54) is 49.5 Å². The largest absolute Gasteiger partial charge is 0.303 e. The first-order chi connectivity index (χ1) is 12.8. The van der Waals surface area contributed by atoms with Crippen LogP contribution < -0.4 is 0 Å². The third kappa shape index (κ3) is 5.83. The minimum absolute atomic E-state index is 0.236. The van der Waals surface area contributed by atoms with Gasteiger partial charge in [0.1, 0.15) is 6.29 Å². The van der Waals surface area contributed by atoms with Crippen molar-refractivity contribution in [3.63, 3.8) is 0 Å². The van der Waals surface area contributed by atoms with Gasteiger partial charge in [-0.1, -0.05) is 86.3 Å².